The minimum atomic E-state index is -0.466. The van der Waals surface area contributed by atoms with Crippen LogP contribution in [0.2, 0.25) is 5.02 Å². The van der Waals surface area contributed by atoms with Gasteiger partial charge in [-0.1, -0.05) is 18.5 Å². The number of methoxy groups -OCH3 is 1. The molecule has 0 aliphatic carbocycles. The van der Waals surface area contributed by atoms with Crippen LogP contribution in [0.15, 0.2) is 18.2 Å². The third-order valence-corrected chi connectivity index (χ3v) is 3.71. The Labute approximate surface area is 142 Å². The van der Waals surface area contributed by atoms with E-state index in [0.717, 1.165) is 0 Å². The first-order chi connectivity index (χ1) is 10.9. The van der Waals surface area contributed by atoms with Gasteiger partial charge in [-0.2, -0.15) is 0 Å². The van der Waals surface area contributed by atoms with Crippen LogP contribution >= 0.6 is 11.6 Å². The molecule has 0 aromatic heterocycles. The summed E-state index contributed by atoms with van der Waals surface area (Å²) in [7, 11) is 1.52. The molecule has 0 radical (unpaired) electrons. The summed E-state index contributed by atoms with van der Waals surface area (Å²) in [6, 6.07) is 4.54. The summed E-state index contributed by atoms with van der Waals surface area (Å²) in [5.41, 5.74) is 0.505. The van der Waals surface area contributed by atoms with Gasteiger partial charge in [0.05, 0.1) is 25.4 Å². The fraction of sp³-hybridized carbons (Fsp3) is 0.500. The summed E-state index contributed by atoms with van der Waals surface area (Å²) in [5.74, 6) is 0.202. The standard InChI is InChI=1S/C16H24ClN3O3/c1-5-18-15(21)10-20(6-2)11(3)16(22)19-13-9-12(17)7-8-14(13)23-4/h7-9,11H,5-6,10H2,1-4H3,(H,18,21)(H,19,22)/t11-/m0/s1. The van der Waals surface area contributed by atoms with E-state index < -0.39 is 6.04 Å². The third kappa shape index (κ3) is 5.73. The predicted octanol–water partition coefficient (Wildman–Crippen LogP) is 2.13. The molecule has 0 heterocycles. The van der Waals surface area contributed by atoms with Gasteiger partial charge < -0.3 is 15.4 Å². The molecule has 0 fully saturated rings. The van der Waals surface area contributed by atoms with Crippen molar-refractivity contribution >= 4 is 29.1 Å². The number of nitrogens with zero attached hydrogens (tertiary/aromatic N) is 1. The van der Waals surface area contributed by atoms with E-state index >= 15 is 0 Å². The Morgan fingerprint density at radius 1 is 1.35 bits per heavy atom. The smallest absolute Gasteiger partial charge is 0.241 e. The first-order valence-corrected chi connectivity index (χ1v) is 7.95. The first kappa shape index (κ1) is 19.3. The molecule has 2 amide bonds. The molecule has 1 atom stereocenters. The van der Waals surface area contributed by atoms with Crippen LogP contribution in [0.1, 0.15) is 20.8 Å². The molecule has 0 spiro atoms. The molecular weight excluding hydrogens is 318 g/mol. The number of hydrogen-bond donors (Lipinski definition) is 2. The Bertz CT molecular complexity index is 551. The number of rotatable bonds is 8. The van der Waals surface area contributed by atoms with E-state index in [9.17, 15) is 9.59 Å². The Balaban J connectivity index is 2.79. The van der Waals surface area contributed by atoms with Gasteiger partial charge in [0.2, 0.25) is 11.8 Å². The molecular formula is C16H24ClN3O3. The molecule has 2 N–H and O–H groups in total. The number of anilines is 1. The van der Waals surface area contributed by atoms with Crippen molar-refractivity contribution in [3.63, 3.8) is 0 Å². The summed E-state index contributed by atoms with van der Waals surface area (Å²) in [6.45, 7) is 6.84. The fourth-order valence-corrected chi connectivity index (χ4v) is 2.31. The lowest BCUT2D eigenvalue weighted by Crippen LogP contribution is -2.46. The van der Waals surface area contributed by atoms with Crippen LogP contribution in [0.5, 0.6) is 5.75 Å². The van der Waals surface area contributed by atoms with Gasteiger partial charge in [0.1, 0.15) is 5.75 Å². The van der Waals surface area contributed by atoms with Crippen LogP contribution in [0.4, 0.5) is 5.69 Å². The number of amides is 2. The van der Waals surface area contributed by atoms with Crippen molar-refractivity contribution < 1.29 is 14.3 Å². The van der Waals surface area contributed by atoms with Crippen LogP contribution in [-0.4, -0.2) is 49.5 Å². The summed E-state index contributed by atoms with van der Waals surface area (Å²) in [5, 5.41) is 6.03. The van der Waals surface area contributed by atoms with Gasteiger partial charge in [-0.05, 0) is 38.6 Å². The van der Waals surface area contributed by atoms with E-state index in [0.29, 0.717) is 29.5 Å². The lowest BCUT2D eigenvalue weighted by atomic mass is 10.2. The van der Waals surface area contributed by atoms with Gasteiger partial charge in [0, 0.05) is 11.6 Å². The minimum absolute atomic E-state index is 0.102. The number of ether oxygens (including phenoxy) is 1. The van der Waals surface area contributed by atoms with E-state index in [1.807, 2.05) is 13.8 Å². The monoisotopic (exact) mass is 341 g/mol. The molecule has 0 unspecified atom stereocenters. The van der Waals surface area contributed by atoms with E-state index in [1.54, 1.807) is 30.0 Å². The Kier molecular flexibility index (Phi) is 7.85. The van der Waals surface area contributed by atoms with Crippen LogP contribution < -0.4 is 15.4 Å². The van der Waals surface area contributed by atoms with Crippen LogP contribution in [0.3, 0.4) is 0 Å². The van der Waals surface area contributed by atoms with E-state index in [1.165, 1.54) is 7.11 Å². The SMILES string of the molecule is CCNC(=O)CN(CC)[C@@H](C)C(=O)Nc1cc(Cl)ccc1OC. The molecule has 0 saturated heterocycles. The molecule has 1 aromatic carbocycles. The van der Waals surface area contributed by atoms with Crippen molar-refractivity contribution in [3.05, 3.63) is 23.2 Å². The lowest BCUT2D eigenvalue weighted by molar-refractivity contribution is -0.125. The van der Waals surface area contributed by atoms with Crippen molar-refractivity contribution in [1.29, 1.82) is 0 Å². The fourth-order valence-electron chi connectivity index (χ4n) is 2.14. The number of benzene rings is 1. The average Bonchev–Trinajstić information content (AvgIpc) is 2.52. The number of likely N-dealkylation sites (N-methyl/N-ethyl adjacent to an activating group) is 2. The number of carbonyl (C=O) groups is 2. The molecule has 0 aliphatic rings. The van der Waals surface area contributed by atoms with Gasteiger partial charge >= 0.3 is 0 Å². The van der Waals surface area contributed by atoms with Crippen LogP contribution in [0, 0.1) is 0 Å². The van der Waals surface area contributed by atoms with Crippen molar-refractivity contribution in [3.8, 4) is 5.75 Å². The first-order valence-electron chi connectivity index (χ1n) is 7.58. The van der Waals surface area contributed by atoms with Gasteiger partial charge in [0.25, 0.3) is 0 Å². The Morgan fingerprint density at radius 3 is 2.61 bits per heavy atom. The van der Waals surface area contributed by atoms with Gasteiger partial charge in [-0.15, -0.1) is 0 Å². The molecule has 7 heteroatoms. The summed E-state index contributed by atoms with van der Waals surface area (Å²) in [4.78, 5) is 26.0. The number of halogens is 1. The molecule has 0 saturated carbocycles. The van der Waals surface area contributed by atoms with E-state index in [4.69, 9.17) is 16.3 Å². The maximum Gasteiger partial charge on any atom is 0.241 e. The predicted molar refractivity (Wildman–Crippen MR) is 92.0 cm³/mol. The highest BCUT2D eigenvalue weighted by Crippen LogP contribution is 2.27. The Morgan fingerprint density at radius 2 is 2.04 bits per heavy atom. The van der Waals surface area contributed by atoms with Gasteiger partial charge in [-0.25, -0.2) is 0 Å². The molecule has 0 aliphatic heterocycles. The quantitative estimate of drug-likeness (QED) is 0.760. The third-order valence-electron chi connectivity index (χ3n) is 3.47. The molecule has 1 rings (SSSR count). The lowest BCUT2D eigenvalue weighted by Gasteiger charge is -2.26. The van der Waals surface area contributed by atoms with Crippen molar-refractivity contribution in [2.45, 2.75) is 26.8 Å². The number of carbonyl (C=O) groups excluding carboxylic acids is 2. The molecule has 23 heavy (non-hydrogen) atoms. The molecule has 128 valence electrons. The van der Waals surface area contributed by atoms with Crippen molar-refractivity contribution in [2.24, 2.45) is 0 Å². The summed E-state index contributed by atoms with van der Waals surface area (Å²) in [6.07, 6.45) is 0. The minimum Gasteiger partial charge on any atom is -0.495 e. The average molecular weight is 342 g/mol. The molecule has 6 nitrogen and oxygen atoms in total. The zero-order valence-corrected chi connectivity index (χ0v) is 14.7. The zero-order valence-electron chi connectivity index (χ0n) is 14.0. The molecule has 0 bridgehead atoms. The highest BCUT2D eigenvalue weighted by Gasteiger charge is 2.23. The second kappa shape index (κ2) is 9.37. The summed E-state index contributed by atoms with van der Waals surface area (Å²) < 4.78 is 5.21. The second-order valence-corrected chi connectivity index (χ2v) is 5.46. The zero-order chi connectivity index (χ0) is 17.4. The normalized spacial score (nSPS) is 11.9. The summed E-state index contributed by atoms with van der Waals surface area (Å²) >= 11 is 5.96. The second-order valence-electron chi connectivity index (χ2n) is 5.03. The van der Waals surface area contributed by atoms with Crippen LogP contribution in [-0.2, 0) is 9.59 Å². The maximum absolute atomic E-state index is 12.4. The van der Waals surface area contributed by atoms with Gasteiger partial charge in [-0.3, -0.25) is 14.5 Å². The molecule has 1 aromatic rings. The largest absolute Gasteiger partial charge is 0.495 e. The Hall–Kier alpha value is -1.79. The van der Waals surface area contributed by atoms with Crippen LogP contribution in [0.25, 0.3) is 0 Å². The highest BCUT2D eigenvalue weighted by atomic mass is 35.5. The van der Waals surface area contributed by atoms with Crippen molar-refractivity contribution in [2.75, 3.05) is 32.1 Å². The number of hydrogen-bond acceptors (Lipinski definition) is 4. The topological polar surface area (TPSA) is 70.7 Å². The maximum atomic E-state index is 12.4. The van der Waals surface area contributed by atoms with Gasteiger partial charge in [0.15, 0.2) is 0 Å². The number of nitrogens with one attached hydrogen (secondary N) is 2. The highest BCUT2D eigenvalue weighted by molar-refractivity contribution is 6.31. The van der Waals surface area contributed by atoms with Crippen molar-refractivity contribution in [1.82, 2.24) is 10.2 Å². The van der Waals surface area contributed by atoms with E-state index in [-0.39, 0.29) is 18.4 Å². The van der Waals surface area contributed by atoms with E-state index in [2.05, 4.69) is 10.6 Å².